The number of amides is 5. The van der Waals surface area contributed by atoms with Crippen molar-refractivity contribution < 1.29 is 37.8 Å². The van der Waals surface area contributed by atoms with E-state index in [1.807, 2.05) is 6.07 Å². The van der Waals surface area contributed by atoms with Crippen molar-refractivity contribution in [2.45, 2.75) is 57.8 Å². The lowest BCUT2D eigenvalue weighted by Gasteiger charge is -2.47. The molecule has 6 aromatic rings. The van der Waals surface area contributed by atoms with Gasteiger partial charge in [-0.1, -0.05) is 41.9 Å². The first kappa shape index (κ1) is 47.4. The quantitative estimate of drug-likeness (QED) is 0.0821. The average molecular weight is 960 g/mol. The number of aromatic amines is 1. The molecule has 1 spiro atoms. The Morgan fingerprint density at radius 3 is 2.45 bits per heavy atom. The fourth-order valence-corrected chi connectivity index (χ4v) is 9.52. The number of urea groups is 1. The summed E-state index contributed by atoms with van der Waals surface area (Å²) < 4.78 is 36.7. The molecule has 3 fully saturated rings. The molecular weight excluding hydrogens is 908 g/mol. The predicted molar refractivity (Wildman–Crippen MR) is 258 cm³/mol. The number of nitrogens with one attached hydrogen (secondary N) is 4. The Labute approximate surface area is 402 Å². The number of hydrogen-bond donors (Lipinski definition) is 5. The number of carbonyl (C=O) groups is 4. The van der Waals surface area contributed by atoms with Gasteiger partial charge in [-0.15, -0.1) is 0 Å². The smallest absolute Gasteiger partial charge is 0.328 e. The topological polar surface area (TPSA) is 185 Å². The van der Waals surface area contributed by atoms with Crippen LogP contribution in [0.3, 0.4) is 0 Å². The second-order valence-electron chi connectivity index (χ2n) is 18.5. The van der Waals surface area contributed by atoms with Crippen LogP contribution in [0.4, 0.5) is 25.0 Å². The molecule has 3 aliphatic heterocycles. The molecule has 4 aromatic carbocycles. The number of aromatic nitrogens is 3. The van der Waals surface area contributed by atoms with Gasteiger partial charge in [-0.2, -0.15) is 0 Å². The Morgan fingerprint density at radius 1 is 0.928 bits per heavy atom. The van der Waals surface area contributed by atoms with E-state index in [1.54, 1.807) is 25.1 Å². The number of anilines is 2. The normalized spacial score (nSPS) is 16.8. The Bertz CT molecular complexity index is 2970. The van der Waals surface area contributed by atoms with Crippen molar-refractivity contribution in [2.24, 2.45) is 0 Å². The van der Waals surface area contributed by atoms with Gasteiger partial charge in [0.2, 0.25) is 5.91 Å². The monoisotopic (exact) mass is 959 g/mol. The number of ether oxygens (including phenoxy) is 1. The highest BCUT2D eigenvalue weighted by molar-refractivity contribution is 6.34. The lowest BCUT2D eigenvalue weighted by Crippen LogP contribution is -2.57. The zero-order chi connectivity index (χ0) is 48.6. The number of fused-ring (bicyclic) bond motifs is 1. The third-order valence-corrected chi connectivity index (χ3v) is 13.6. The average Bonchev–Trinajstić information content (AvgIpc) is 3.76. The van der Waals surface area contributed by atoms with Gasteiger partial charge in [0.15, 0.2) is 0 Å². The van der Waals surface area contributed by atoms with Crippen LogP contribution in [0.1, 0.15) is 70.5 Å². The van der Waals surface area contributed by atoms with Crippen LogP contribution in [0.15, 0.2) is 85.2 Å². The summed E-state index contributed by atoms with van der Waals surface area (Å²) in [6.45, 7) is 10.7. The van der Waals surface area contributed by atoms with E-state index >= 15 is 8.78 Å². The van der Waals surface area contributed by atoms with Gasteiger partial charge in [-0.25, -0.2) is 23.5 Å². The van der Waals surface area contributed by atoms with Gasteiger partial charge in [0.1, 0.15) is 23.6 Å². The zero-order valence-corrected chi connectivity index (χ0v) is 39.2. The SMILES string of the molecule is Cc1c(NC(=O)c2ccc(C(C)(C)O)cc2F)cc(F)cc1-c1ncnc2[nH]c(-c3ccc(CN4CCC5(CC4)CN(CCNC(=O)c4ccc(Cl)c(N6CCC(=O)NC6=O)c4)CCO5)cc3)cc12. The maximum Gasteiger partial charge on any atom is 0.328 e. The Morgan fingerprint density at radius 2 is 1.71 bits per heavy atom. The maximum absolute atomic E-state index is 15.2. The Balaban J connectivity index is 0.789. The largest absolute Gasteiger partial charge is 0.386 e. The van der Waals surface area contributed by atoms with Crippen LogP contribution in [0.25, 0.3) is 33.5 Å². The molecule has 15 nitrogen and oxygen atoms in total. The van der Waals surface area contributed by atoms with Gasteiger partial charge in [0, 0.05) is 86.7 Å². The number of carbonyl (C=O) groups excluding carboxylic acids is 4. The molecule has 2 aromatic heterocycles. The molecule has 9 rings (SSSR count). The highest BCUT2D eigenvalue weighted by Gasteiger charge is 2.39. The fraction of sp³-hybridized carbons (Fsp3) is 0.333. The highest BCUT2D eigenvalue weighted by atomic mass is 35.5. The summed E-state index contributed by atoms with van der Waals surface area (Å²) in [5.41, 5.74) is 4.29. The van der Waals surface area contributed by atoms with E-state index in [4.69, 9.17) is 16.3 Å². The first-order valence-electron chi connectivity index (χ1n) is 22.9. The minimum absolute atomic E-state index is 0.147. The lowest BCUT2D eigenvalue weighted by atomic mass is 9.89. The molecule has 0 unspecified atom stereocenters. The van der Waals surface area contributed by atoms with E-state index in [9.17, 15) is 24.3 Å². The molecule has 69 heavy (non-hydrogen) atoms. The molecule has 5 heterocycles. The van der Waals surface area contributed by atoms with E-state index in [2.05, 4.69) is 65.0 Å². The molecule has 358 valence electrons. The summed E-state index contributed by atoms with van der Waals surface area (Å²) in [7, 11) is 0. The van der Waals surface area contributed by atoms with Crippen LogP contribution in [0.5, 0.6) is 0 Å². The number of piperidine rings is 1. The van der Waals surface area contributed by atoms with Crippen molar-refractivity contribution in [2.75, 3.05) is 62.6 Å². The first-order chi connectivity index (χ1) is 33.0. The van der Waals surface area contributed by atoms with E-state index in [1.165, 1.54) is 49.3 Å². The van der Waals surface area contributed by atoms with Crippen molar-refractivity contribution in [3.05, 3.63) is 130 Å². The third kappa shape index (κ3) is 10.4. The molecule has 5 amide bonds. The minimum atomic E-state index is -1.30. The van der Waals surface area contributed by atoms with Gasteiger partial charge >= 0.3 is 6.03 Å². The number of H-pyrrole nitrogens is 1. The van der Waals surface area contributed by atoms with Gasteiger partial charge < -0.3 is 25.5 Å². The highest BCUT2D eigenvalue weighted by Crippen LogP contribution is 2.36. The molecule has 18 heteroatoms. The fourth-order valence-electron chi connectivity index (χ4n) is 9.30. The summed E-state index contributed by atoms with van der Waals surface area (Å²) in [5.74, 6) is -2.81. The molecular formula is C51H52ClF2N9O6. The molecule has 5 N–H and O–H groups in total. The molecule has 0 saturated carbocycles. The number of morpholine rings is 1. The van der Waals surface area contributed by atoms with E-state index in [0.717, 1.165) is 68.5 Å². The zero-order valence-electron chi connectivity index (χ0n) is 38.4. The van der Waals surface area contributed by atoms with Crippen molar-refractivity contribution in [3.8, 4) is 22.5 Å². The predicted octanol–water partition coefficient (Wildman–Crippen LogP) is 7.55. The summed E-state index contributed by atoms with van der Waals surface area (Å²) in [6, 6.07) is 20.9. The van der Waals surface area contributed by atoms with Gasteiger partial charge in [-0.05, 0) is 104 Å². The number of nitrogens with zero attached hydrogens (tertiary/aromatic N) is 5. The van der Waals surface area contributed by atoms with Gasteiger partial charge in [0.05, 0.1) is 39.8 Å². The number of halogens is 3. The second kappa shape index (κ2) is 19.4. The number of imide groups is 1. The van der Waals surface area contributed by atoms with Crippen molar-refractivity contribution in [1.82, 2.24) is 35.4 Å². The lowest BCUT2D eigenvalue weighted by molar-refractivity contribution is -0.135. The molecule has 0 radical (unpaired) electrons. The number of benzene rings is 4. The summed E-state index contributed by atoms with van der Waals surface area (Å²) in [5, 5.41) is 19.2. The van der Waals surface area contributed by atoms with Crippen LogP contribution in [-0.4, -0.2) is 112 Å². The summed E-state index contributed by atoms with van der Waals surface area (Å²) in [6.07, 6.45) is 3.30. The molecule has 0 aliphatic carbocycles. The van der Waals surface area contributed by atoms with Crippen LogP contribution in [0, 0.1) is 18.6 Å². The van der Waals surface area contributed by atoms with Crippen LogP contribution in [-0.2, 0) is 21.7 Å². The third-order valence-electron chi connectivity index (χ3n) is 13.3. The van der Waals surface area contributed by atoms with E-state index in [-0.39, 0.29) is 41.6 Å². The Kier molecular flexibility index (Phi) is 13.3. The first-order valence-corrected chi connectivity index (χ1v) is 23.3. The number of aliphatic hydroxyl groups is 1. The van der Waals surface area contributed by atoms with Crippen molar-refractivity contribution in [3.63, 3.8) is 0 Å². The summed E-state index contributed by atoms with van der Waals surface area (Å²) >= 11 is 6.37. The van der Waals surface area contributed by atoms with Crippen LogP contribution < -0.4 is 20.9 Å². The molecule has 3 aliphatic rings. The molecule has 3 saturated heterocycles. The number of likely N-dealkylation sites (tertiary alicyclic amines) is 1. The van der Waals surface area contributed by atoms with Crippen LogP contribution >= 0.6 is 11.6 Å². The van der Waals surface area contributed by atoms with Crippen molar-refractivity contribution >= 4 is 57.8 Å². The summed E-state index contributed by atoms with van der Waals surface area (Å²) in [4.78, 5) is 68.9. The maximum atomic E-state index is 15.2. The van der Waals surface area contributed by atoms with Crippen LogP contribution in [0.2, 0.25) is 5.02 Å². The van der Waals surface area contributed by atoms with E-state index in [0.29, 0.717) is 69.4 Å². The minimum Gasteiger partial charge on any atom is -0.386 e. The second-order valence-corrected chi connectivity index (χ2v) is 18.9. The standard InChI is InChI=1S/C51H52ClF2N9O6/c1-30-37(24-35(53)25-41(30)59-48(66)36-10-9-34(23-40(36)54)50(2,3)68)45-38-26-42(58-46(38)57-29-56-45)32-6-4-31(5-7-32)27-61-17-13-51(14-18-61)28-62(20-21-69-51)19-15-55-47(65)33-8-11-39(52)43(22-33)63-16-12-44(64)60-49(63)67/h4-11,22-26,29,68H,12-21,27-28H2,1-3H3,(H,55,65)(H,59,66)(H,56,57,58)(H,60,64,67). The molecule has 0 bridgehead atoms. The van der Waals surface area contributed by atoms with Crippen molar-refractivity contribution in [1.29, 1.82) is 0 Å². The Hall–Kier alpha value is -6.63. The van der Waals surface area contributed by atoms with Gasteiger partial charge in [0.25, 0.3) is 11.8 Å². The number of hydrogen-bond acceptors (Lipinski definition) is 10. The number of rotatable bonds is 12. The molecule has 0 atom stereocenters. The van der Waals surface area contributed by atoms with E-state index < -0.39 is 29.2 Å². The van der Waals surface area contributed by atoms with Gasteiger partial charge in [-0.3, -0.25) is 34.4 Å².